The van der Waals surface area contributed by atoms with Crippen LogP contribution in [0.4, 0.5) is 4.39 Å². The summed E-state index contributed by atoms with van der Waals surface area (Å²) in [4.78, 5) is 39.4. The second-order valence-electron chi connectivity index (χ2n) is 8.58. The van der Waals surface area contributed by atoms with Crippen molar-refractivity contribution in [1.29, 1.82) is 0 Å². The summed E-state index contributed by atoms with van der Waals surface area (Å²) in [5.41, 5.74) is 6.66. The second kappa shape index (κ2) is 7.79. The van der Waals surface area contributed by atoms with Crippen LogP contribution in [0.1, 0.15) is 44.1 Å². The molecule has 1 aromatic carbocycles. The van der Waals surface area contributed by atoms with Crippen LogP contribution in [0, 0.1) is 5.92 Å². The van der Waals surface area contributed by atoms with Gasteiger partial charge in [-0.25, -0.2) is 4.39 Å². The first-order valence-corrected chi connectivity index (χ1v) is 10.4. The molecule has 2 heterocycles. The van der Waals surface area contributed by atoms with Gasteiger partial charge in [0.15, 0.2) is 5.69 Å². The summed E-state index contributed by atoms with van der Waals surface area (Å²) in [6.45, 7) is 4.77. The van der Waals surface area contributed by atoms with Gasteiger partial charge in [0.25, 0.3) is 5.91 Å². The van der Waals surface area contributed by atoms with Crippen molar-refractivity contribution in [3.63, 3.8) is 0 Å². The number of nitrogens with two attached hydrogens (primary N) is 1. The number of nitrogens with one attached hydrogen (secondary N) is 1. The predicted molar refractivity (Wildman–Crippen MR) is 112 cm³/mol. The molecule has 9 heteroatoms. The number of aromatic nitrogens is 2. The van der Waals surface area contributed by atoms with Crippen LogP contribution in [0.2, 0.25) is 0 Å². The monoisotopic (exact) mass is 427 g/mol. The van der Waals surface area contributed by atoms with Crippen molar-refractivity contribution in [2.75, 3.05) is 0 Å². The molecule has 3 amide bonds. The minimum atomic E-state index is -0.750. The fraction of sp³-hybridized carbons (Fsp3) is 0.455. The third kappa shape index (κ3) is 3.80. The Morgan fingerprint density at radius 1 is 1.26 bits per heavy atom. The Morgan fingerprint density at radius 2 is 1.97 bits per heavy atom. The molecule has 0 unspecified atom stereocenters. The Bertz CT molecular complexity index is 1100. The summed E-state index contributed by atoms with van der Waals surface area (Å²) in [6.07, 6.45) is 1.43. The average molecular weight is 427 g/mol. The molecule has 8 nitrogen and oxygen atoms in total. The number of rotatable bonds is 6. The van der Waals surface area contributed by atoms with Crippen LogP contribution in [0.15, 0.2) is 35.7 Å². The number of carbonyl (C=O) groups is 3. The first-order valence-electron chi connectivity index (χ1n) is 10.4. The fourth-order valence-electron chi connectivity index (χ4n) is 4.49. The van der Waals surface area contributed by atoms with E-state index in [9.17, 15) is 18.8 Å². The lowest BCUT2D eigenvalue weighted by Gasteiger charge is -2.28. The number of piperidine rings is 1. The highest BCUT2D eigenvalue weighted by atomic mass is 19.1. The Morgan fingerprint density at radius 3 is 2.65 bits per heavy atom. The van der Waals surface area contributed by atoms with E-state index in [-0.39, 0.29) is 35.9 Å². The Balaban J connectivity index is 1.54. The average Bonchev–Trinajstić information content (AvgIpc) is 3.23. The van der Waals surface area contributed by atoms with Crippen molar-refractivity contribution in [3.05, 3.63) is 41.4 Å². The summed E-state index contributed by atoms with van der Waals surface area (Å²) in [5.74, 6) is -1.37. The minimum Gasteiger partial charge on any atom is -0.364 e. The van der Waals surface area contributed by atoms with E-state index in [1.165, 1.54) is 4.68 Å². The summed E-state index contributed by atoms with van der Waals surface area (Å²) < 4.78 is 15.6. The molecule has 0 bridgehead atoms. The topological polar surface area (TPSA) is 110 Å². The maximum atomic E-state index is 14.1. The molecule has 4 rings (SSSR count). The second-order valence-corrected chi connectivity index (χ2v) is 8.58. The van der Waals surface area contributed by atoms with Gasteiger partial charge < -0.3 is 16.0 Å². The lowest BCUT2D eigenvalue weighted by atomic mass is 10.1. The SMILES string of the molecule is CC(C)=C(F)[C@@H](C)NC(=O)[C@@H]1C[C@H]2C[C@H]2N1C(=O)Cn1nc(C(N)=O)c2ccccc21. The van der Waals surface area contributed by atoms with Crippen molar-refractivity contribution in [2.45, 2.75) is 58.3 Å². The van der Waals surface area contributed by atoms with Gasteiger partial charge in [-0.1, -0.05) is 18.2 Å². The zero-order valence-corrected chi connectivity index (χ0v) is 17.8. The number of benzene rings is 1. The lowest BCUT2D eigenvalue weighted by Crippen LogP contribution is -2.50. The van der Waals surface area contributed by atoms with Gasteiger partial charge in [-0.2, -0.15) is 5.10 Å². The molecule has 31 heavy (non-hydrogen) atoms. The van der Waals surface area contributed by atoms with Crippen LogP contribution in [0.25, 0.3) is 10.9 Å². The highest BCUT2D eigenvalue weighted by Gasteiger charge is 2.56. The highest BCUT2D eigenvalue weighted by Crippen LogP contribution is 2.48. The van der Waals surface area contributed by atoms with E-state index >= 15 is 0 Å². The number of carbonyl (C=O) groups excluding carboxylic acids is 3. The summed E-state index contributed by atoms with van der Waals surface area (Å²) in [7, 11) is 0. The number of likely N-dealkylation sites (tertiary alicyclic amines) is 1. The number of fused-ring (bicyclic) bond motifs is 2. The Labute approximate surface area is 179 Å². The maximum absolute atomic E-state index is 14.1. The maximum Gasteiger partial charge on any atom is 0.269 e. The van der Waals surface area contributed by atoms with Crippen LogP contribution in [0.3, 0.4) is 0 Å². The van der Waals surface area contributed by atoms with Crippen LogP contribution in [0.5, 0.6) is 0 Å². The number of hydrogen-bond donors (Lipinski definition) is 2. The third-order valence-corrected chi connectivity index (χ3v) is 6.09. The van der Waals surface area contributed by atoms with Gasteiger partial charge in [-0.3, -0.25) is 19.1 Å². The van der Waals surface area contributed by atoms with Crippen LogP contribution in [-0.2, 0) is 16.1 Å². The molecule has 1 saturated heterocycles. The van der Waals surface area contributed by atoms with Crippen molar-refractivity contribution in [2.24, 2.45) is 11.7 Å². The standard InChI is InChI=1S/C22H26FN5O3/c1-11(2)19(23)12(3)25-22(31)17-9-13-8-16(13)28(17)18(29)10-27-15-7-5-4-6-14(15)20(26-27)21(24)30/h4-7,12-13,16-17H,8-10H2,1-3H3,(H2,24,30)(H,25,31)/t12-,13-,16-,17+/m1/s1. The minimum absolute atomic E-state index is 0.0179. The normalized spacial score (nSPS) is 22.7. The molecule has 1 saturated carbocycles. The van der Waals surface area contributed by atoms with E-state index < -0.39 is 18.0 Å². The Kier molecular flexibility index (Phi) is 5.28. The molecular formula is C22H26FN5O3. The van der Waals surface area contributed by atoms with Gasteiger partial charge in [0, 0.05) is 11.4 Å². The molecule has 2 aliphatic rings. The molecule has 1 aliphatic carbocycles. The van der Waals surface area contributed by atoms with Gasteiger partial charge >= 0.3 is 0 Å². The Hall–Kier alpha value is -3.23. The third-order valence-electron chi connectivity index (χ3n) is 6.09. The van der Waals surface area contributed by atoms with Crippen LogP contribution < -0.4 is 11.1 Å². The predicted octanol–water partition coefficient (Wildman–Crippen LogP) is 1.89. The van der Waals surface area contributed by atoms with Crippen molar-refractivity contribution >= 4 is 28.6 Å². The fourth-order valence-corrected chi connectivity index (χ4v) is 4.49. The van der Waals surface area contributed by atoms with E-state index in [2.05, 4.69) is 10.4 Å². The first kappa shape index (κ1) is 21.0. The van der Waals surface area contributed by atoms with Gasteiger partial charge in [0.05, 0.1) is 11.6 Å². The number of primary amides is 1. The molecule has 164 valence electrons. The van der Waals surface area contributed by atoms with E-state index in [0.717, 1.165) is 6.42 Å². The van der Waals surface area contributed by atoms with Crippen molar-refractivity contribution < 1.29 is 18.8 Å². The lowest BCUT2D eigenvalue weighted by molar-refractivity contribution is -0.140. The molecule has 2 fully saturated rings. The van der Waals surface area contributed by atoms with E-state index in [1.54, 1.807) is 49.9 Å². The number of para-hydroxylation sites is 1. The van der Waals surface area contributed by atoms with Gasteiger partial charge in [0.2, 0.25) is 11.8 Å². The van der Waals surface area contributed by atoms with Crippen molar-refractivity contribution in [1.82, 2.24) is 20.0 Å². The largest absolute Gasteiger partial charge is 0.364 e. The number of hydrogen-bond acceptors (Lipinski definition) is 4. The van der Waals surface area contributed by atoms with Crippen LogP contribution in [-0.4, -0.2) is 50.5 Å². The number of halogens is 1. The molecule has 1 aromatic heterocycles. The highest BCUT2D eigenvalue weighted by molar-refractivity contribution is 6.04. The number of allylic oxidation sites excluding steroid dienone is 1. The van der Waals surface area contributed by atoms with Crippen LogP contribution >= 0.6 is 0 Å². The van der Waals surface area contributed by atoms with E-state index in [0.29, 0.717) is 28.8 Å². The molecule has 0 spiro atoms. The van der Waals surface area contributed by atoms with Gasteiger partial charge in [-0.05, 0) is 51.2 Å². The van der Waals surface area contributed by atoms with E-state index in [1.807, 2.05) is 0 Å². The number of nitrogens with zero attached hydrogens (tertiary/aromatic N) is 3. The van der Waals surface area contributed by atoms with Gasteiger partial charge in [0.1, 0.15) is 18.4 Å². The molecular weight excluding hydrogens is 401 g/mol. The summed E-state index contributed by atoms with van der Waals surface area (Å²) >= 11 is 0. The molecule has 3 N–H and O–H groups in total. The molecule has 1 aliphatic heterocycles. The zero-order valence-electron chi connectivity index (χ0n) is 17.8. The molecule has 2 aromatic rings. The van der Waals surface area contributed by atoms with E-state index in [4.69, 9.17) is 5.73 Å². The number of amides is 3. The summed E-state index contributed by atoms with van der Waals surface area (Å²) in [6, 6.07) is 5.68. The smallest absolute Gasteiger partial charge is 0.269 e. The summed E-state index contributed by atoms with van der Waals surface area (Å²) in [5, 5.41) is 7.51. The first-order chi connectivity index (χ1) is 14.7. The zero-order chi connectivity index (χ0) is 22.4. The molecule has 4 atom stereocenters. The molecule has 0 radical (unpaired) electrons. The van der Waals surface area contributed by atoms with Crippen molar-refractivity contribution in [3.8, 4) is 0 Å². The van der Waals surface area contributed by atoms with Gasteiger partial charge in [-0.15, -0.1) is 0 Å². The quantitative estimate of drug-likeness (QED) is 0.733.